The molecule has 0 heterocycles. The molecule has 0 saturated heterocycles. The van der Waals surface area contributed by atoms with Gasteiger partial charge in [-0.25, -0.2) is 13.6 Å². The van der Waals surface area contributed by atoms with Crippen molar-refractivity contribution in [3.63, 3.8) is 0 Å². The van der Waals surface area contributed by atoms with Crippen molar-refractivity contribution < 1.29 is 21.6 Å². The van der Waals surface area contributed by atoms with Crippen LogP contribution in [-0.2, 0) is 25.8 Å². The lowest BCUT2D eigenvalue weighted by molar-refractivity contribution is 0.413. The first-order chi connectivity index (χ1) is 8.13. The minimum absolute atomic E-state index is 0.137. The van der Waals surface area contributed by atoms with Gasteiger partial charge in [-0.05, 0) is 23.8 Å². The number of halogens is 1. The largest absolute Gasteiger partial charge is 0.497 e. The number of ether oxygens (including phenoxy) is 1. The molecule has 0 atom stereocenters. The number of hydrogen-bond acceptors (Lipinski definition) is 5. The second-order valence-corrected chi connectivity index (χ2v) is 7.19. The molecule has 0 unspecified atom stereocenters. The van der Waals surface area contributed by atoms with E-state index in [1.807, 2.05) is 4.72 Å². The lowest BCUT2D eigenvalue weighted by Gasteiger charge is -2.09. The molecule has 1 aromatic rings. The molecule has 0 amide bonds. The first-order valence-corrected chi connectivity index (χ1v) is 8.38. The summed E-state index contributed by atoms with van der Waals surface area (Å²) in [6.07, 6.45) is 0. The molecular weight excluding hydrogens is 304 g/mol. The van der Waals surface area contributed by atoms with Crippen molar-refractivity contribution in [3.05, 3.63) is 23.8 Å². The molecule has 0 spiro atoms. The molecule has 0 aliphatic carbocycles. The van der Waals surface area contributed by atoms with Crippen LogP contribution in [0.5, 0.6) is 5.75 Å². The van der Waals surface area contributed by atoms with E-state index in [1.54, 1.807) is 0 Å². The zero-order valence-electron chi connectivity index (χ0n) is 9.25. The third kappa shape index (κ3) is 4.42. The van der Waals surface area contributed by atoms with Crippen LogP contribution in [0.15, 0.2) is 23.1 Å². The summed E-state index contributed by atoms with van der Waals surface area (Å²) >= 11 is 0. The van der Waals surface area contributed by atoms with E-state index in [0.29, 0.717) is 5.75 Å². The van der Waals surface area contributed by atoms with E-state index in [1.165, 1.54) is 25.3 Å². The summed E-state index contributed by atoms with van der Waals surface area (Å²) in [5.41, 5.74) is 0.137. The van der Waals surface area contributed by atoms with Crippen molar-refractivity contribution in [1.82, 2.24) is 4.72 Å². The molecule has 0 radical (unpaired) electrons. The van der Waals surface area contributed by atoms with Crippen molar-refractivity contribution in [1.29, 1.82) is 0 Å². The molecule has 0 fully saturated rings. The van der Waals surface area contributed by atoms with Gasteiger partial charge in [-0.2, -0.15) is 13.1 Å². The molecule has 0 aromatic heterocycles. The van der Waals surface area contributed by atoms with Crippen molar-refractivity contribution in [2.45, 2.75) is 11.4 Å². The lowest BCUT2D eigenvalue weighted by Crippen LogP contribution is -2.30. The molecule has 18 heavy (non-hydrogen) atoms. The van der Waals surface area contributed by atoms with Crippen LogP contribution < -0.4 is 14.6 Å². The third-order valence-electron chi connectivity index (χ3n) is 1.99. The van der Waals surface area contributed by atoms with Gasteiger partial charge in [0.1, 0.15) is 5.75 Å². The van der Waals surface area contributed by atoms with Crippen LogP contribution in [0.2, 0.25) is 0 Å². The molecule has 102 valence electrons. The predicted octanol–water partition coefficient (Wildman–Crippen LogP) is -0.0842. The minimum atomic E-state index is -3.99. The van der Waals surface area contributed by atoms with Gasteiger partial charge in [-0.15, -0.1) is 0 Å². The summed E-state index contributed by atoms with van der Waals surface area (Å²) < 4.78 is 51.0. The summed E-state index contributed by atoms with van der Waals surface area (Å²) in [6.45, 7) is -0.308. The van der Waals surface area contributed by atoms with E-state index in [0.717, 1.165) is 0 Å². The van der Waals surface area contributed by atoms with Gasteiger partial charge in [0.05, 0.1) is 12.0 Å². The van der Waals surface area contributed by atoms with Crippen LogP contribution in [0.3, 0.4) is 0 Å². The summed E-state index contributed by atoms with van der Waals surface area (Å²) in [5.74, 6) is 0.366. The highest BCUT2D eigenvalue weighted by atomic mass is 35.7. The molecule has 1 aromatic carbocycles. The van der Waals surface area contributed by atoms with Crippen molar-refractivity contribution in [2.75, 3.05) is 7.11 Å². The van der Waals surface area contributed by atoms with Crippen molar-refractivity contribution in [3.8, 4) is 5.75 Å². The van der Waals surface area contributed by atoms with Crippen LogP contribution in [0, 0.1) is 0 Å². The van der Waals surface area contributed by atoms with Crippen LogP contribution in [-0.4, -0.2) is 23.9 Å². The highest BCUT2D eigenvalue weighted by Gasteiger charge is 2.17. The quantitative estimate of drug-likeness (QED) is 0.737. The first kappa shape index (κ1) is 15.2. The second-order valence-electron chi connectivity index (χ2n) is 3.28. The van der Waals surface area contributed by atoms with E-state index in [9.17, 15) is 16.8 Å². The Labute approximate surface area is 109 Å². The molecule has 0 bridgehead atoms. The Morgan fingerprint density at radius 2 is 1.94 bits per heavy atom. The minimum Gasteiger partial charge on any atom is -0.497 e. The number of hydrogen-bond donors (Lipinski definition) is 2. The van der Waals surface area contributed by atoms with Crippen LogP contribution in [0.1, 0.15) is 5.56 Å². The Hall–Kier alpha value is -0.870. The van der Waals surface area contributed by atoms with Crippen molar-refractivity contribution in [2.24, 2.45) is 5.14 Å². The summed E-state index contributed by atoms with van der Waals surface area (Å²) in [4.78, 5) is -0.207. The highest BCUT2D eigenvalue weighted by molar-refractivity contribution is 8.13. The van der Waals surface area contributed by atoms with E-state index in [4.69, 9.17) is 20.6 Å². The fourth-order valence-electron chi connectivity index (χ4n) is 1.24. The summed E-state index contributed by atoms with van der Waals surface area (Å²) in [5, 5.41) is 4.76. The summed E-state index contributed by atoms with van der Waals surface area (Å²) in [6, 6.07) is 3.98. The van der Waals surface area contributed by atoms with Gasteiger partial charge >= 0.3 is 0 Å². The Morgan fingerprint density at radius 1 is 1.33 bits per heavy atom. The normalized spacial score (nSPS) is 12.4. The van der Waals surface area contributed by atoms with Gasteiger partial charge in [-0.3, -0.25) is 0 Å². The molecule has 1 rings (SSSR count). The van der Waals surface area contributed by atoms with Gasteiger partial charge in [0.15, 0.2) is 0 Å². The fourth-order valence-corrected chi connectivity index (χ4v) is 2.72. The van der Waals surface area contributed by atoms with E-state index in [2.05, 4.69) is 0 Å². The maximum absolute atomic E-state index is 11.3. The monoisotopic (exact) mass is 314 g/mol. The smallest absolute Gasteiger partial charge is 0.274 e. The van der Waals surface area contributed by atoms with Gasteiger partial charge in [0.25, 0.3) is 19.3 Å². The van der Waals surface area contributed by atoms with Crippen LogP contribution in [0.4, 0.5) is 0 Å². The number of rotatable bonds is 5. The van der Waals surface area contributed by atoms with Gasteiger partial charge in [0.2, 0.25) is 0 Å². The predicted molar refractivity (Wildman–Crippen MR) is 66.0 cm³/mol. The Morgan fingerprint density at radius 3 is 2.39 bits per heavy atom. The second kappa shape index (κ2) is 5.41. The average molecular weight is 315 g/mol. The molecule has 3 N–H and O–H groups in total. The van der Waals surface area contributed by atoms with Crippen LogP contribution in [0.25, 0.3) is 0 Å². The Balaban J connectivity index is 3.21. The SMILES string of the molecule is COc1ccc(S(=O)(=O)Cl)c(CNS(N)(=O)=O)c1. The highest BCUT2D eigenvalue weighted by Crippen LogP contribution is 2.24. The number of benzene rings is 1. The summed E-state index contributed by atoms with van der Waals surface area (Å²) in [7, 11) is -1.30. The zero-order valence-corrected chi connectivity index (χ0v) is 11.6. The maximum Gasteiger partial charge on any atom is 0.274 e. The maximum atomic E-state index is 11.3. The Bertz CT molecular complexity index is 641. The molecule has 0 saturated carbocycles. The number of nitrogens with two attached hydrogens (primary N) is 1. The standard InChI is InChI=1S/C8H11ClN2O5S2/c1-16-7-2-3-8(17(9,12)13)6(4-7)5-11-18(10,14)15/h2-4,11H,5H2,1H3,(H2,10,14,15). The average Bonchev–Trinajstić information content (AvgIpc) is 2.23. The number of methoxy groups -OCH3 is 1. The van der Waals surface area contributed by atoms with E-state index >= 15 is 0 Å². The first-order valence-electron chi connectivity index (χ1n) is 4.52. The molecule has 7 nitrogen and oxygen atoms in total. The van der Waals surface area contributed by atoms with Crippen LogP contribution >= 0.6 is 10.7 Å². The molecule has 10 heteroatoms. The van der Waals surface area contributed by atoms with E-state index in [-0.39, 0.29) is 17.0 Å². The topological polar surface area (TPSA) is 116 Å². The number of nitrogens with one attached hydrogen (secondary N) is 1. The zero-order chi connectivity index (χ0) is 14.0. The lowest BCUT2D eigenvalue weighted by atomic mass is 10.2. The molecule has 0 aliphatic rings. The molecule has 0 aliphatic heterocycles. The Kier molecular flexibility index (Phi) is 4.56. The van der Waals surface area contributed by atoms with E-state index < -0.39 is 19.3 Å². The fraction of sp³-hybridized carbons (Fsp3) is 0.250. The van der Waals surface area contributed by atoms with Crippen molar-refractivity contribution >= 4 is 29.9 Å². The van der Waals surface area contributed by atoms with Gasteiger partial charge in [-0.1, -0.05) is 0 Å². The third-order valence-corrected chi connectivity index (χ3v) is 3.96. The van der Waals surface area contributed by atoms with Gasteiger partial charge < -0.3 is 4.74 Å². The molecular formula is C8H11ClN2O5S2. The van der Waals surface area contributed by atoms with Gasteiger partial charge in [0, 0.05) is 17.2 Å².